The van der Waals surface area contributed by atoms with Gasteiger partial charge in [0.1, 0.15) is 0 Å². The molecule has 2 aromatic rings. The largest absolute Gasteiger partial charge is 0.503 e. The third-order valence-electron chi connectivity index (χ3n) is 3.06. The summed E-state index contributed by atoms with van der Waals surface area (Å²) in [6.07, 6.45) is -1.83. The molecule has 23 heavy (non-hydrogen) atoms. The van der Waals surface area contributed by atoms with Crippen LogP contribution in [0.2, 0.25) is 0 Å². The van der Waals surface area contributed by atoms with Crippen molar-refractivity contribution in [2.45, 2.75) is 12.8 Å². The third-order valence-corrected chi connectivity index (χ3v) is 3.06. The smallest absolute Gasteiger partial charge is 0.481 e. The van der Waals surface area contributed by atoms with Crippen molar-refractivity contribution in [3.8, 4) is 0 Å². The van der Waals surface area contributed by atoms with E-state index in [1.807, 2.05) is 6.07 Å². The molecule has 120 valence electrons. The quantitative estimate of drug-likeness (QED) is 0.746. The van der Waals surface area contributed by atoms with Gasteiger partial charge in [-0.3, -0.25) is 9.59 Å². The summed E-state index contributed by atoms with van der Waals surface area (Å²) >= 11 is 0. The van der Waals surface area contributed by atoms with Crippen molar-refractivity contribution in [2.75, 3.05) is 0 Å². The summed E-state index contributed by atoms with van der Waals surface area (Å²) in [4.78, 5) is 31.8. The number of carbonyl (C=O) groups excluding carboxylic acids is 1. The van der Waals surface area contributed by atoms with Gasteiger partial charge in [0.25, 0.3) is 0 Å². The molecule has 3 N–H and O–H groups in total. The number of aliphatic carboxylic acids is 1. The lowest BCUT2D eigenvalue weighted by atomic mass is 9.96. The maximum Gasteiger partial charge on any atom is 0.503 e. The van der Waals surface area contributed by atoms with Gasteiger partial charge >= 0.3 is 12.1 Å². The maximum atomic E-state index is 12.2. The van der Waals surface area contributed by atoms with Crippen molar-refractivity contribution >= 4 is 17.9 Å². The standard InChI is InChI=1S/C16H14O3.CH2O3/c1-11(16(18)19)13-8-5-9-14(10-13)15(17)12-6-3-2-4-7-12;2-1(3)4/h2-11H,1H3,(H,18,19);(H2,2,3,4). The van der Waals surface area contributed by atoms with Crippen LogP contribution in [-0.2, 0) is 4.79 Å². The predicted molar refractivity (Wildman–Crippen MR) is 83.0 cm³/mol. The molecule has 0 amide bonds. The van der Waals surface area contributed by atoms with E-state index >= 15 is 0 Å². The number of carbonyl (C=O) groups is 3. The van der Waals surface area contributed by atoms with E-state index in [0.29, 0.717) is 16.7 Å². The van der Waals surface area contributed by atoms with E-state index in [1.54, 1.807) is 55.5 Å². The Labute approximate surface area is 132 Å². The van der Waals surface area contributed by atoms with E-state index in [4.69, 9.17) is 20.1 Å². The Balaban J connectivity index is 0.000000593. The van der Waals surface area contributed by atoms with Gasteiger partial charge in [0.15, 0.2) is 5.78 Å². The van der Waals surface area contributed by atoms with Crippen LogP contribution in [-0.4, -0.2) is 33.2 Å². The number of rotatable bonds is 4. The van der Waals surface area contributed by atoms with Crippen molar-refractivity contribution in [3.63, 3.8) is 0 Å². The summed E-state index contributed by atoms with van der Waals surface area (Å²) < 4.78 is 0. The Hall–Kier alpha value is -3.15. The van der Waals surface area contributed by atoms with Gasteiger partial charge in [0.2, 0.25) is 0 Å². The van der Waals surface area contributed by atoms with Crippen LogP contribution in [0.5, 0.6) is 0 Å². The van der Waals surface area contributed by atoms with Crippen LogP contribution in [0.25, 0.3) is 0 Å². The summed E-state index contributed by atoms with van der Waals surface area (Å²) in [7, 11) is 0. The number of ketones is 1. The van der Waals surface area contributed by atoms with Crippen LogP contribution in [0, 0.1) is 0 Å². The van der Waals surface area contributed by atoms with Crippen molar-refractivity contribution in [1.82, 2.24) is 0 Å². The normalized spacial score (nSPS) is 10.8. The van der Waals surface area contributed by atoms with E-state index in [9.17, 15) is 9.59 Å². The molecule has 0 radical (unpaired) electrons. The van der Waals surface area contributed by atoms with Gasteiger partial charge in [-0.25, -0.2) is 4.79 Å². The van der Waals surface area contributed by atoms with Crippen LogP contribution in [0.1, 0.15) is 34.3 Å². The van der Waals surface area contributed by atoms with Gasteiger partial charge in [-0.2, -0.15) is 0 Å². The van der Waals surface area contributed by atoms with Crippen molar-refractivity contribution in [1.29, 1.82) is 0 Å². The first kappa shape index (κ1) is 17.9. The third kappa shape index (κ3) is 5.62. The molecule has 0 heterocycles. The first-order valence-electron chi connectivity index (χ1n) is 6.67. The Morgan fingerprint density at radius 2 is 1.35 bits per heavy atom. The van der Waals surface area contributed by atoms with Gasteiger partial charge in [0.05, 0.1) is 5.92 Å². The fourth-order valence-corrected chi connectivity index (χ4v) is 1.85. The Morgan fingerprint density at radius 3 is 1.87 bits per heavy atom. The SMILES string of the molecule is CC(C(=O)O)c1cccc(C(=O)c2ccccc2)c1.O=C(O)O. The average molecular weight is 316 g/mol. The van der Waals surface area contributed by atoms with Crippen molar-refractivity contribution in [2.24, 2.45) is 0 Å². The molecule has 0 bridgehead atoms. The van der Waals surface area contributed by atoms with Crippen LogP contribution in [0.4, 0.5) is 4.79 Å². The minimum Gasteiger partial charge on any atom is -0.481 e. The van der Waals surface area contributed by atoms with Crippen LogP contribution in [0.3, 0.4) is 0 Å². The van der Waals surface area contributed by atoms with Gasteiger partial charge < -0.3 is 15.3 Å². The molecule has 0 fully saturated rings. The Bertz CT molecular complexity index is 689. The molecule has 2 aromatic carbocycles. The highest BCUT2D eigenvalue weighted by Gasteiger charge is 2.16. The molecule has 6 heteroatoms. The minimum absolute atomic E-state index is 0.0972. The molecule has 0 aliphatic rings. The van der Waals surface area contributed by atoms with E-state index in [2.05, 4.69) is 0 Å². The monoisotopic (exact) mass is 316 g/mol. The second-order valence-electron chi connectivity index (χ2n) is 4.66. The lowest BCUT2D eigenvalue weighted by Crippen LogP contribution is -2.09. The zero-order chi connectivity index (χ0) is 17.4. The molecule has 0 aliphatic heterocycles. The minimum atomic E-state index is -1.83. The van der Waals surface area contributed by atoms with E-state index in [1.165, 1.54) is 0 Å². The molecule has 0 saturated heterocycles. The van der Waals surface area contributed by atoms with Crippen LogP contribution >= 0.6 is 0 Å². The van der Waals surface area contributed by atoms with E-state index in [-0.39, 0.29) is 5.78 Å². The number of hydrogen-bond donors (Lipinski definition) is 3. The first-order chi connectivity index (χ1) is 10.8. The average Bonchev–Trinajstić information content (AvgIpc) is 2.53. The molecule has 1 atom stereocenters. The summed E-state index contributed by atoms with van der Waals surface area (Å²) in [6.45, 7) is 1.61. The van der Waals surface area contributed by atoms with Gasteiger partial charge in [-0.1, -0.05) is 48.5 Å². The molecule has 0 spiro atoms. The van der Waals surface area contributed by atoms with Gasteiger partial charge in [0, 0.05) is 11.1 Å². The highest BCUT2D eigenvalue weighted by molar-refractivity contribution is 6.09. The zero-order valence-electron chi connectivity index (χ0n) is 12.3. The van der Waals surface area contributed by atoms with Crippen LogP contribution < -0.4 is 0 Å². The molecule has 0 aromatic heterocycles. The molecular weight excluding hydrogens is 300 g/mol. The zero-order valence-corrected chi connectivity index (χ0v) is 12.3. The van der Waals surface area contributed by atoms with Crippen molar-refractivity contribution < 1.29 is 29.7 Å². The molecule has 2 rings (SSSR count). The lowest BCUT2D eigenvalue weighted by molar-refractivity contribution is -0.138. The second-order valence-corrected chi connectivity index (χ2v) is 4.66. The molecule has 0 saturated carbocycles. The number of hydrogen-bond acceptors (Lipinski definition) is 3. The molecular formula is C17H16O6. The number of carboxylic acids is 1. The second kappa shape index (κ2) is 8.33. The first-order valence-corrected chi connectivity index (χ1v) is 6.67. The van der Waals surface area contributed by atoms with Crippen molar-refractivity contribution in [3.05, 3.63) is 71.3 Å². The Kier molecular flexibility index (Phi) is 6.48. The summed E-state index contributed by atoms with van der Waals surface area (Å²) in [6, 6.07) is 15.7. The molecule has 1 unspecified atom stereocenters. The maximum absolute atomic E-state index is 12.2. The summed E-state index contributed by atoms with van der Waals surface area (Å²) in [5.41, 5.74) is 1.74. The fourth-order valence-electron chi connectivity index (χ4n) is 1.85. The van der Waals surface area contributed by atoms with Gasteiger partial charge in [-0.15, -0.1) is 0 Å². The highest BCUT2D eigenvalue weighted by atomic mass is 16.6. The van der Waals surface area contributed by atoms with Gasteiger partial charge in [-0.05, 0) is 18.6 Å². The lowest BCUT2D eigenvalue weighted by Gasteiger charge is -2.08. The van der Waals surface area contributed by atoms with E-state index in [0.717, 1.165) is 0 Å². The topological polar surface area (TPSA) is 112 Å². The Morgan fingerprint density at radius 1 is 0.826 bits per heavy atom. The summed E-state index contributed by atoms with van der Waals surface area (Å²) in [5.74, 6) is -1.62. The summed E-state index contributed by atoms with van der Waals surface area (Å²) in [5, 5.41) is 22.9. The number of benzene rings is 2. The fraction of sp³-hybridized carbons (Fsp3) is 0.118. The highest BCUT2D eigenvalue weighted by Crippen LogP contribution is 2.18. The number of carboxylic acid groups (broad SMARTS) is 3. The molecule has 6 nitrogen and oxygen atoms in total. The predicted octanol–water partition coefficient (Wildman–Crippen LogP) is 3.33. The molecule has 0 aliphatic carbocycles. The van der Waals surface area contributed by atoms with Crippen LogP contribution in [0.15, 0.2) is 54.6 Å². The van der Waals surface area contributed by atoms with E-state index < -0.39 is 18.0 Å².